The van der Waals surface area contributed by atoms with Crippen molar-refractivity contribution in [1.29, 1.82) is 0 Å². The number of hydrogen-bond donors (Lipinski definition) is 0. The average Bonchev–Trinajstić information content (AvgIpc) is 3.27. The molecule has 0 aliphatic heterocycles. The maximum atomic E-state index is 2.36. The fourth-order valence-corrected chi connectivity index (χ4v) is 4.12. The summed E-state index contributed by atoms with van der Waals surface area (Å²) in [6.45, 7) is 13.6. The third-order valence-electron chi connectivity index (χ3n) is 4.29. The first kappa shape index (κ1) is 19.9. The molecular formula is C23H30S2. The zero-order valence-electron chi connectivity index (χ0n) is 16.2. The molecule has 25 heavy (non-hydrogen) atoms. The van der Waals surface area contributed by atoms with Crippen LogP contribution in [0.5, 0.6) is 0 Å². The van der Waals surface area contributed by atoms with Gasteiger partial charge in [0.25, 0.3) is 0 Å². The monoisotopic (exact) mass is 370 g/mol. The largest absolute Gasteiger partial charge is 0.143 e. The van der Waals surface area contributed by atoms with E-state index in [2.05, 4.69) is 94.8 Å². The minimum absolute atomic E-state index is 0.626. The molecule has 2 aromatic heterocycles. The Balaban J connectivity index is 0.000000194. The Morgan fingerprint density at radius 1 is 0.560 bits per heavy atom. The van der Waals surface area contributed by atoms with Gasteiger partial charge in [0.15, 0.2) is 0 Å². The van der Waals surface area contributed by atoms with Gasteiger partial charge in [-0.2, -0.15) is 0 Å². The van der Waals surface area contributed by atoms with Crippen LogP contribution in [0.2, 0.25) is 0 Å². The van der Waals surface area contributed by atoms with Crippen LogP contribution < -0.4 is 0 Å². The van der Waals surface area contributed by atoms with E-state index in [0.717, 1.165) is 0 Å². The Bertz CT molecular complexity index is 636. The van der Waals surface area contributed by atoms with Gasteiger partial charge in [0.2, 0.25) is 0 Å². The lowest BCUT2D eigenvalue weighted by atomic mass is 9.90. The van der Waals surface area contributed by atoms with E-state index in [-0.39, 0.29) is 0 Å². The van der Waals surface area contributed by atoms with Gasteiger partial charge in [0.05, 0.1) is 0 Å². The second kappa shape index (κ2) is 9.35. The van der Waals surface area contributed by atoms with E-state index >= 15 is 0 Å². The van der Waals surface area contributed by atoms with E-state index in [1.54, 1.807) is 22.7 Å². The second-order valence-electron chi connectivity index (χ2n) is 7.35. The quantitative estimate of drug-likeness (QED) is 0.431. The van der Waals surface area contributed by atoms with Crippen molar-refractivity contribution in [2.24, 2.45) is 0 Å². The first-order chi connectivity index (χ1) is 11.9. The molecule has 0 unspecified atom stereocenters. The highest BCUT2D eigenvalue weighted by Crippen LogP contribution is 2.28. The number of thiophene rings is 2. The smallest absolute Gasteiger partial charge is 0.0442 e. The molecule has 0 nitrogen and oxygen atoms in total. The van der Waals surface area contributed by atoms with E-state index in [1.807, 2.05) is 0 Å². The molecule has 2 heteroatoms. The summed E-state index contributed by atoms with van der Waals surface area (Å²) in [6, 6.07) is 15.6. The fraction of sp³-hybridized carbons (Fsp3) is 0.391. The molecule has 0 saturated carbocycles. The molecule has 1 aromatic carbocycles. The molecule has 0 N–H and O–H groups in total. The van der Waals surface area contributed by atoms with Crippen LogP contribution in [-0.2, 0) is 0 Å². The molecular weight excluding hydrogens is 340 g/mol. The van der Waals surface area contributed by atoms with Crippen LogP contribution >= 0.6 is 22.7 Å². The van der Waals surface area contributed by atoms with Gasteiger partial charge >= 0.3 is 0 Å². The Kier molecular flexibility index (Phi) is 7.46. The normalized spacial score (nSPS) is 11.1. The standard InChI is InChI=1S/C15H24.C8H6S2/c1-10(2)13-7-14(11(3)4)9-15(8-13)12(5)6;1-3-7(9-5-1)8-4-2-6-10-8/h7-12H,1-6H3;1-6H. The van der Waals surface area contributed by atoms with Gasteiger partial charge in [-0.15, -0.1) is 22.7 Å². The molecule has 0 aliphatic rings. The summed E-state index contributed by atoms with van der Waals surface area (Å²) < 4.78 is 0. The predicted octanol–water partition coefficient (Wildman–Crippen LogP) is 8.53. The van der Waals surface area contributed by atoms with E-state index in [0.29, 0.717) is 17.8 Å². The highest BCUT2D eigenvalue weighted by Gasteiger charge is 2.08. The number of rotatable bonds is 4. The lowest BCUT2D eigenvalue weighted by Gasteiger charge is -2.16. The van der Waals surface area contributed by atoms with Gasteiger partial charge in [-0.25, -0.2) is 0 Å². The molecule has 0 saturated heterocycles. The number of benzene rings is 1. The summed E-state index contributed by atoms with van der Waals surface area (Å²) in [5.41, 5.74) is 4.43. The van der Waals surface area contributed by atoms with Crippen molar-refractivity contribution in [2.45, 2.75) is 59.3 Å². The third-order valence-corrected chi connectivity index (χ3v) is 6.22. The second-order valence-corrected chi connectivity index (χ2v) is 9.25. The first-order valence-electron chi connectivity index (χ1n) is 9.10. The van der Waals surface area contributed by atoms with Crippen LogP contribution in [0.15, 0.2) is 53.2 Å². The molecule has 0 atom stereocenters. The highest BCUT2D eigenvalue weighted by atomic mass is 32.1. The van der Waals surface area contributed by atoms with E-state index < -0.39 is 0 Å². The molecule has 134 valence electrons. The third kappa shape index (κ3) is 5.83. The SMILES string of the molecule is CC(C)c1cc(C(C)C)cc(C(C)C)c1.c1csc(-c2cccs2)c1. The van der Waals surface area contributed by atoms with Crippen molar-refractivity contribution in [3.8, 4) is 9.75 Å². The van der Waals surface area contributed by atoms with E-state index in [9.17, 15) is 0 Å². The topological polar surface area (TPSA) is 0 Å². The summed E-state index contributed by atoms with van der Waals surface area (Å²) in [6.07, 6.45) is 0. The van der Waals surface area contributed by atoms with Crippen LogP contribution in [0.1, 0.15) is 76.0 Å². The molecule has 0 amide bonds. The summed E-state index contributed by atoms with van der Waals surface area (Å²) in [5, 5.41) is 4.21. The first-order valence-corrected chi connectivity index (χ1v) is 10.9. The highest BCUT2D eigenvalue weighted by molar-refractivity contribution is 7.20. The van der Waals surface area contributed by atoms with Gasteiger partial charge in [-0.3, -0.25) is 0 Å². The van der Waals surface area contributed by atoms with Gasteiger partial charge < -0.3 is 0 Å². The molecule has 2 heterocycles. The Hall–Kier alpha value is -1.38. The number of hydrogen-bond acceptors (Lipinski definition) is 2. The maximum Gasteiger partial charge on any atom is 0.0442 e. The van der Waals surface area contributed by atoms with Crippen molar-refractivity contribution in [3.63, 3.8) is 0 Å². The fourth-order valence-electron chi connectivity index (χ4n) is 2.54. The van der Waals surface area contributed by atoms with E-state index in [4.69, 9.17) is 0 Å². The van der Waals surface area contributed by atoms with Crippen molar-refractivity contribution in [3.05, 3.63) is 69.9 Å². The van der Waals surface area contributed by atoms with E-state index in [1.165, 1.54) is 26.4 Å². The van der Waals surface area contributed by atoms with Crippen LogP contribution in [0.4, 0.5) is 0 Å². The average molecular weight is 371 g/mol. The van der Waals surface area contributed by atoms with Crippen molar-refractivity contribution in [1.82, 2.24) is 0 Å². The molecule has 0 spiro atoms. The Labute approximate surface area is 161 Å². The molecule has 3 aromatic rings. The minimum Gasteiger partial charge on any atom is -0.143 e. The van der Waals surface area contributed by atoms with Gasteiger partial charge in [-0.05, 0) is 57.3 Å². The maximum absolute atomic E-state index is 2.36. The van der Waals surface area contributed by atoms with Gasteiger partial charge in [0, 0.05) is 9.75 Å². The van der Waals surface area contributed by atoms with Crippen LogP contribution in [0.3, 0.4) is 0 Å². The molecule has 0 aliphatic carbocycles. The zero-order chi connectivity index (χ0) is 18.4. The zero-order valence-corrected chi connectivity index (χ0v) is 17.9. The lowest BCUT2D eigenvalue weighted by Crippen LogP contribution is -1.98. The minimum atomic E-state index is 0.626. The summed E-state index contributed by atoms with van der Waals surface area (Å²) >= 11 is 3.58. The van der Waals surface area contributed by atoms with Crippen molar-refractivity contribution in [2.75, 3.05) is 0 Å². The van der Waals surface area contributed by atoms with Gasteiger partial charge in [0.1, 0.15) is 0 Å². The van der Waals surface area contributed by atoms with Crippen LogP contribution in [0, 0.1) is 0 Å². The molecule has 0 radical (unpaired) electrons. The summed E-state index contributed by atoms with van der Waals surface area (Å²) in [7, 11) is 0. The molecule has 0 bridgehead atoms. The lowest BCUT2D eigenvalue weighted by molar-refractivity contribution is 0.804. The Morgan fingerprint density at radius 2 is 0.880 bits per heavy atom. The summed E-state index contributed by atoms with van der Waals surface area (Å²) in [4.78, 5) is 2.74. The summed E-state index contributed by atoms with van der Waals surface area (Å²) in [5.74, 6) is 1.88. The molecule has 0 fully saturated rings. The molecule has 3 rings (SSSR count). The van der Waals surface area contributed by atoms with Crippen LogP contribution in [0.25, 0.3) is 9.75 Å². The predicted molar refractivity (Wildman–Crippen MR) is 116 cm³/mol. The van der Waals surface area contributed by atoms with Crippen molar-refractivity contribution >= 4 is 22.7 Å². The Morgan fingerprint density at radius 3 is 1.08 bits per heavy atom. The van der Waals surface area contributed by atoms with Gasteiger partial charge in [-0.1, -0.05) is 71.9 Å². The van der Waals surface area contributed by atoms with Crippen LogP contribution in [-0.4, -0.2) is 0 Å². The van der Waals surface area contributed by atoms with Crippen molar-refractivity contribution < 1.29 is 0 Å².